The number of benzene rings is 3. The van der Waals surface area contributed by atoms with Gasteiger partial charge in [0, 0.05) is 5.69 Å². The van der Waals surface area contributed by atoms with Crippen molar-refractivity contribution in [2.24, 2.45) is 0 Å². The molecule has 4 rings (SSSR count). The predicted molar refractivity (Wildman–Crippen MR) is 145 cm³/mol. The van der Waals surface area contributed by atoms with E-state index in [0.717, 1.165) is 28.1 Å². The molecule has 3 aromatic rings. The second kappa shape index (κ2) is 10.8. The summed E-state index contributed by atoms with van der Waals surface area (Å²) in [6, 6.07) is 20.4. The molecule has 2 amide bonds. The molecule has 0 radical (unpaired) electrons. The Balaban J connectivity index is 1.44. The molecular formula is C27H24N2O4S2. The third-order valence-electron chi connectivity index (χ3n) is 5.31. The molecule has 8 heteroatoms. The van der Waals surface area contributed by atoms with Gasteiger partial charge < -0.3 is 14.8 Å². The average Bonchev–Trinajstić information content (AvgIpc) is 3.12. The number of rotatable bonds is 7. The second-order valence-corrected chi connectivity index (χ2v) is 9.59. The molecule has 0 aliphatic carbocycles. The summed E-state index contributed by atoms with van der Waals surface area (Å²) in [6.45, 7) is 3.78. The van der Waals surface area contributed by atoms with Crippen LogP contribution in [0.1, 0.15) is 16.7 Å². The van der Waals surface area contributed by atoms with Crippen LogP contribution in [0.4, 0.5) is 11.4 Å². The van der Waals surface area contributed by atoms with E-state index in [1.165, 1.54) is 23.8 Å². The highest BCUT2D eigenvalue weighted by Gasteiger charge is 2.33. The molecule has 0 bridgehead atoms. The minimum atomic E-state index is -0.271. The number of hydrogen-bond donors (Lipinski definition) is 1. The number of para-hydroxylation sites is 1. The highest BCUT2D eigenvalue weighted by atomic mass is 32.2. The van der Waals surface area contributed by atoms with Crippen LogP contribution in [-0.2, 0) is 9.59 Å². The molecule has 1 aliphatic heterocycles. The van der Waals surface area contributed by atoms with Gasteiger partial charge in [-0.15, -0.1) is 0 Å². The topological polar surface area (TPSA) is 67.9 Å². The Morgan fingerprint density at radius 3 is 2.54 bits per heavy atom. The van der Waals surface area contributed by atoms with Crippen LogP contribution in [0, 0.1) is 13.8 Å². The molecule has 1 fully saturated rings. The standard InChI is InChI=1S/C27H24N2O4S2/c1-17-9-11-21(18(2)13-17)28-25(30)16-33-22-12-10-19(14-23(22)32-3)15-24-26(31)29(27(34)35-24)20-7-5-4-6-8-20/h4-15H,16H2,1-3H3,(H,28,30)/b24-15-. The average molecular weight is 505 g/mol. The number of nitrogens with zero attached hydrogens (tertiary/aromatic N) is 1. The molecule has 0 spiro atoms. The lowest BCUT2D eigenvalue weighted by atomic mass is 10.1. The van der Waals surface area contributed by atoms with Gasteiger partial charge in [0.15, 0.2) is 22.4 Å². The van der Waals surface area contributed by atoms with E-state index in [2.05, 4.69) is 5.32 Å². The Labute approximate surface area is 213 Å². The molecule has 178 valence electrons. The summed E-state index contributed by atoms with van der Waals surface area (Å²) in [5, 5.41) is 2.86. The summed E-state index contributed by atoms with van der Waals surface area (Å²) >= 11 is 6.68. The van der Waals surface area contributed by atoms with Crippen LogP contribution < -0.4 is 19.7 Å². The SMILES string of the molecule is COc1cc(/C=C2\SC(=S)N(c3ccccc3)C2=O)ccc1OCC(=O)Nc1ccc(C)cc1C. The first-order valence-corrected chi connectivity index (χ1v) is 12.1. The van der Waals surface area contributed by atoms with Gasteiger partial charge in [0.2, 0.25) is 0 Å². The van der Waals surface area contributed by atoms with Gasteiger partial charge in [0.05, 0.1) is 17.7 Å². The van der Waals surface area contributed by atoms with E-state index in [9.17, 15) is 9.59 Å². The van der Waals surface area contributed by atoms with Gasteiger partial charge in [-0.1, -0.05) is 65.9 Å². The maximum absolute atomic E-state index is 13.0. The second-order valence-electron chi connectivity index (χ2n) is 7.92. The lowest BCUT2D eigenvalue weighted by Crippen LogP contribution is -2.27. The Kier molecular flexibility index (Phi) is 7.53. The summed E-state index contributed by atoms with van der Waals surface area (Å²) in [5.74, 6) is 0.440. The molecule has 0 saturated carbocycles. The van der Waals surface area contributed by atoms with Gasteiger partial charge in [-0.2, -0.15) is 0 Å². The van der Waals surface area contributed by atoms with Crippen LogP contribution in [0.2, 0.25) is 0 Å². The van der Waals surface area contributed by atoms with E-state index in [1.54, 1.807) is 24.3 Å². The molecule has 1 saturated heterocycles. The fourth-order valence-corrected chi connectivity index (χ4v) is 4.89. The zero-order valence-electron chi connectivity index (χ0n) is 19.5. The predicted octanol–water partition coefficient (Wildman–Crippen LogP) is 5.74. The number of aryl methyl sites for hydroxylation is 2. The summed E-state index contributed by atoms with van der Waals surface area (Å²) in [6.07, 6.45) is 1.77. The number of nitrogens with one attached hydrogen (secondary N) is 1. The highest BCUT2D eigenvalue weighted by molar-refractivity contribution is 8.27. The van der Waals surface area contributed by atoms with Crippen LogP contribution in [0.5, 0.6) is 11.5 Å². The van der Waals surface area contributed by atoms with E-state index < -0.39 is 0 Å². The van der Waals surface area contributed by atoms with Crippen LogP contribution in [0.3, 0.4) is 0 Å². The molecule has 3 aromatic carbocycles. The van der Waals surface area contributed by atoms with Crippen LogP contribution in [-0.4, -0.2) is 29.9 Å². The zero-order valence-corrected chi connectivity index (χ0v) is 21.2. The van der Waals surface area contributed by atoms with Crippen molar-refractivity contribution in [3.05, 3.63) is 88.3 Å². The van der Waals surface area contributed by atoms with Crippen molar-refractivity contribution in [2.45, 2.75) is 13.8 Å². The van der Waals surface area contributed by atoms with Crippen molar-refractivity contribution in [3.8, 4) is 11.5 Å². The Hall–Kier alpha value is -3.62. The fourth-order valence-electron chi connectivity index (χ4n) is 3.60. The summed E-state index contributed by atoms with van der Waals surface area (Å²) in [7, 11) is 1.52. The number of thioether (sulfide) groups is 1. The van der Waals surface area contributed by atoms with Gasteiger partial charge >= 0.3 is 0 Å². The Morgan fingerprint density at radius 1 is 1.06 bits per heavy atom. The molecule has 0 atom stereocenters. The molecule has 1 aliphatic rings. The molecule has 0 aromatic heterocycles. The van der Waals surface area contributed by atoms with Gasteiger partial charge in [-0.3, -0.25) is 14.5 Å². The minimum Gasteiger partial charge on any atom is -0.493 e. The monoisotopic (exact) mass is 504 g/mol. The van der Waals surface area contributed by atoms with E-state index in [0.29, 0.717) is 20.7 Å². The number of carbonyl (C=O) groups excluding carboxylic acids is 2. The maximum atomic E-state index is 13.0. The van der Waals surface area contributed by atoms with Gasteiger partial charge in [0.25, 0.3) is 11.8 Å². The third kappa shape index (κ3) is 5.72. The first-order valence-electron chi connectivity index (χ1n) is 10.9. The first-order chi connectivity index (χ1) is 16.9. The van der Waals surface area contributed by atoms with E-state index in [-0.39, 0.29) is 18.4 Å². The molecule has 1 heterocycles. The minimum absolute atomic E-state index is 0.168. The zero-order chi connectivity index (χ0) is 24.9. The fraction of sp³-hybridized carbons (Fsp3) is 0.148. The molecule has 6 nitrogen and oxygen atoms in total. The van der Waals surface area contributed by atoms with Crippen molar-refractivity contribution >= 4 is 57.6 Å². The van der Waals surface area contributed by atoms with E-state index in [1.807, 2.05) is 62.4 Å². The highest BCUT2D eigenvalue weighted by Crippen LogP contribution is 2.37. The Bertz CT molecular complexity index is 1320. The number of hydrogen-bond acceptors (Lipinski definition) is 6. The smallest absolute Gasteiger partial charge is 0.270 e. The van der Waals surface area contributed by atoms with Gasteiger partial charge in [-0.25, -0.2) is 0 Å². The summed E-state index contributed by atoms with van der Waals surface area (Å²) < 4.78 is 11.6. The largest absolute Gasteiger partial charge is 0.493 e. The quantitative estimate of drug-likeness (QED) is 0.327. The normalized spacial score (nSPS) is 14.4. The van der Waals surface area contributed by atoms with Crippen molar-refractivity contribution in [1.82, 2.24) is 0 Å². The molecule has 1 N–H and O–H groups in total. The van der Waals surface area contributed by atoms with Crippen LogP contribution in [0.25, 0.3) is 6.08 Å². The maximum Gasteiger partial charge on any atom is 0.270 e. The number of anilines is 2. The third-order valence-corrected chi connectivity index (χ3v) is 6.61. The number of ether oxygens (including phenoxy) is 2. The first kappa shape index (κ1) is 24.5. The van der Waals surface area contributed by atoms with Gasteiger partial charge in [-0.05, 0) is 61.4 Å². The van der Waals surface area contributed by atoms with E-state index >= 15 is 0 Å². The molecular weight excluding hydrogens is 480 g/mol. The number of carbonyl (C=O) groups is 2. The van der Waals surface area contributed by atoms with Crippen molar-refractivity contribution in [1.29, 1.82) is 0 Å². The van der Waals surface area contributed by atoms with Crippen molar-refractivity contribution in [3.63, 3.8) is 0 Å². The number of methoxy groups -OCH3 is 1. The number of amides is 2. The lowest BCUT2D eigenvalue weighted by Gasteiger charge is -2.14. The van der Waals surface area contributed by atoms with Crippen LogP contribution in [0.15, 0.2) is 71.6 Å². The van der Waals surface area contributed by atoms with Crippen molar-refractivity contribution < 1.29 is 19.1 Å². The van der Waals surface area contributed by atoms with Gasteiger partial charge in [0.1, 0.15) is 0 Å². The lowest BCUT2D eigenvalue weighted by molar-refractivity contribution is -0.118. The Morgan fingerprint density at radius 2 is 1.83 bits per heavy atom. The summed E-state index contributed by atoms with van der Waals surface area (Å²) in [5.41, 5.74) is 4.35. The van der Waals surface area contributed by atoms with Crippen molar-refractivity contribution in [2.75, 3.05) is 23.9 Å². The van der Waals surface area contributed by atoms with Crippen LogP contribution >= 0.6 is 24.0 Å². The van der Waals surface area contributed by atoms with E-state index in [4.69, 9.17) is 21.7 Å². The molecule has 0 unspecified atom stereocenters. The number of thiocarbonyl (C=S) groups is 1. The summed E-state index contributed by atoms with van der Waals surface area (Å²) in [4.78, 5) is 27.4. The molecule has 35 heavy (non-hydrogen) atoms.